The van der Waals surface area contributed by atoms with Crippen LogP contribution in [0.4, 0.5) is 0 Å². The number of hydrogen-bond donors (Lipinski definition) is 1. The number of piperidine rings is 1. The number of hydrogen-bond acceptors (Lipinski definition) is 2. The third kappa shape index (κ3) is 5.50. The van der Waals surface area contributed by atoms with Crippen molar-refractivity contribution in [2.24, 2.45) is 5.92 Å². The molecule has 21 heavy (non-hydrogen) atoms. The third-order valence-electron chi connectivity index (χ3n) is 4.27. The number of likely N-dealkylation sites (tertiary alicyclic amines) is 1. The molecule has 3 heteroatoms. The molecule has 1 aromatic rings. The summed E-state index contributed by atoms with van der Waals surface area (Å²) in [7, 11) is 0. The molecule has 0 bridgehead atoms. The minimum Gasteiger partial charge on any atom is -0.352 e. The number of carbonyl (C=O) groups is 1. The van der Waals surface area contributed by atoms with E-state index >= 15 is 0 Å². The fraction of sp³-hybridized carbons (Fsp3) is 0.611. The molecule has 0 spiro atoms. The maximum absolute atomic E-state index is 11.5. The smallest absolute Gasteiger partial charge is 0.220 e. The molecule has 1 N–H and O–H groups in total. The minimum absolute atomic E-state index is 0.143. The van der Waals surface area contributed by atoms with Gasteiger partial charge < -0.3 is 5.32 Å². The van der Waals surface area contributed by atoms with Crippen LogP contribution in [-0.2, 0) is 17.9 Å². The van der Waals surface area contributed by atoms with Gasteiger partial charge in [0.15, 0.2) is 0 Å². The third-order valence-corrected chi connectivity index (χ3v) is 4.27. The van der Waals surface area contributed by atoms with E-state index in [1.54, 1.807) is 0 Å². The molecular weight excluding hydrogens is 260 g/mol. The van der Waals surface area contributed by atoms with Crippen molar-refractivity contribution in [2.45, 2.75) is 52.6 Å². The van der Waals surface area contributed by atoms with Crippen molar-refractivity contribution >= 4 is 5.91 Å². The van der Waals surface area contributed by atoms with E-state index in [9.17, 15) is 4.79 Å². The highest BCUT2D eigenvalue weighted by atomic mass is 16.1. The summed E-state index contributed by atoms with van der Waals surface area (Å²) >= 11 is 0. The van der Waals surface area contributed by atoms with Crippen LogP contribution in [0.2, 0.25) is 0 Å². The Balaban J connectivity index is 1.77. The molecule has 2 rings (SSSR count). The van der Waals surface area contributed by atoms with E-state index in [2.05, 4.69) is 41.4 Å². The number of rotatable bonds is 6. The molecule has 1 amide bonds. The van der Waals surface area contributed by atoms with Gasteiger partial charge in [0.25, 0.3) is 0 Å². The van der Waals surface area contributed by atoms with Gasteiger partial charge in [0.05, 0.1) is 0 Å². The Kier molecular flexibility index (Phi) is 6.24. The average Bonchev–Trinajstić information content (AvgIpc) is 2.49. The zero-order valence-corrected chi connectivity index (χ0v) is 13.4. The lowest BCUT2D eigenvalue weighted by Crippen LogP contribution is -2.32. The van der Waals surface area contributed by atoms with Gasteiger partial charge in [0, 0.05) is 19.5 Å². The first-order valence-corrected chi connectivity index (χ1v) is 8.24. The Labute approximate surface area is 128 Å². The zero-order valence-electron chi connectivity index (χ0n) is 13.4. The maximum Gasteiger partial charge on any atom is 0.220 e. The molecule has 0 unspecified atom stereocenters. The van der Waals surface area contributed by atoms with Gasteiger partial charge in [-0.2, -0.15) is 0 Å². The lowest BCUT2D eigenvalue weighted by Gasteiger charge is -2.30. The van der Waals surface area contributed by atoms with Gasteiger partial charge in [-0.1, -0.05) is 38.1 Å². The van der Waals surface area contributed by atoms with E-state index in [4.69, 9.17) is 0 Å². The fourth-order valence-corrected chi connectivity index (χ4v) is 2.76. The van der Waals surface area contributed by atoms with Crippen LogP contribution in [-0.4, -0.2) is 23.9 Å². The highest BCUT2D eigenvalue weighted by Crippen LogP contribution is 2.18. The van der Waals surface area contributed by atoms with Crippen molar-refractivity contribution in [3.63, 3.8) is 0 Å². The first-order chi connectivity index (χ1) is 10.2. The van der Waals surface area contributed by atoms with Crippen LogP contribution in [0.1, 0.15) is 50.7 Å². The molecule has 1 saturated heterocycles. The van der Waals surface area contributed by atoms with Gasteiger partial charge in [-0.25, -0.2) is 0 Å². The molecule has 1 aliphatic heterocycles. The number of nitrogens with zero attached hydrogens (tertiary/aromatic N) is 1. The Morgan fingerprint density at radius 3 is 2.43 bits per heavy atom. The van der Waals surface area contributed by atoms with Crippen molar-refractivity contribution in [3.8, 4) is 0 Å². The second-order valence-corrected chi connectivity index (χ2v) is 6.30. The predicted octanol–water partition coefficient (Wildman–Crippen LogP) is 3.33. The standard InChI is InChI=1S/C18H28N2O/c1-3-4-18(21)19-13-16-5-7-17(8-6-16)14-20-11-9-15(2)10-12-20/h5-8,15H,3-4,9-14H2,1-2H3,(H,19,21). The van der Waals surface area contributed by atoms with Crippen LogP contribution in [0, 0.1) is 5.92 Å². The molecule has 1 aliphatic rings. The quantitative estimate of drug-likeness (QED) is 0.871. The van der Waals surface area contributed by atoms with Crippen LogP contribution >= 0.6 is 0 Å². The molecule has 0 radical (unpaired) electrons. The highest BCUT2D eigenvalue weighted by Gasteiger charge is 2.15. The van der Waals surface area contributed by atoms with E-state index in [1.165, 1.54) is 37.1 Å². The van der Waals surface area contributed by atoms with Gasteiger partial charge in [-0.05, 0) is 49.4 Å². The van der Waals surface area contributed by atoms with Crippen molar-refractivity contribution < 1.29 is 4.79 Å². The van der Waals surface area contributed by atoms with E-state index in [-0.39, 0.29) is 5.91 Å². The molecular formula is C18H28N2O. The van der Waals surface area contributed by atoms with Gasteiger partial charge in [-0.3, -0.25) is 9.69 Å². The second-order valence-electron chi connectivity index (χ2n) is 6.30. The SMILES string of the molecule is CCCC(=O)NCc1ccc(CN2CCC(C)CC2)cc1. The predicted molar refractivity (Wildman–Crippen MR) is 86.9 cm³/mol. The molecule has 0 aliphatic carbocycles. The number of benzene rings is 1. The summed E-state index contributed by atoms with van der Waals surface area (Å²) in [5, 5.41) is 2.96. The summed E-state index contributed by atoms with van der Waals surface area (Å²) in [6.07, 6.45) is 4.16. The van der Waals surface area contributed by atoms with E-state index in [0.29, 0.717) is 13.0 Å². The summed E-state index contributed by atoms with van der Waals surface area (Å²) in [5.41, 5.74) is 2.55. The van der Waals surface area contributed by atoms with Crippen LogP contribution in [0.3, 0.4) is 0 Å². The van der Waals surface area contributed by atoms with Crippen molar-refractivity contribution in [1.29, 1.82) is 0 Å². The van der Waals surface area contributed by atoms with Crippen LogP contribution < -0.4 is 5.32 Å². The lowest BCUT2D eigenvalue weighted by atomic mass is 9.99. The van der Waals surface area contributed by atoms with Gasteiger partial charge >= 0.3 is 0 Å². The van der Waals surface area contributed by atoms with Crippen molar-refractivity contribution in [2.75, 3.05) is 13.1 Å². The van der Waals surface area contributed by atoms with Gasteiger partial charge in [0.1, 0.15) is 0 Å². The first kappa shape index (κ1) is 16.0. The monoisotopic (exact) mass is 288 g/mol. The van der Waals surface area contributed by atoms with Crippen LogP contribution in [0.5, 0.6) is 0 Å². The van der Waals surface area contributed by atoms with Gasteiger partial charge in [-0.15, -0.1) is 0 Å². The molecule has 1 heterocycles. The summed E-state index contributed by atoms with van der Waals surface area (Å²) in [4.78, 5) is 14.0. The van der Waals surface area contributed by atoms with Crippen LogP contribution in [0.25, 0.3) is 0 Å². The largest absolute Gasteiger partial charge is 0.352 e. The maximum atomic E-state index is 11.5. The Morgan fingerprint density at radius 1 is 1.19 bits per heavy atom. The highest BCUT2D eigenvalue weighted by molar-refractivity contribution is 5.75. The molecule has 3 nitrogen and oxygen atoms in total. The molecule has 1 fully saturated rings. The lowest BCUT2D eigenvalue weighted by molar-refractivity contribution is -0.121. The Morgan fingerprint density at radius 2 is 1.81 bits per heavy atom. The number of amides is 1. The molecule has 1 aromatic carbocycles. The van der Waals surface area contributed by atoms with Crippen molar-refractivity contribution in [1.82, 2.24) is 10.2 Å². The van der Waals surface area contributed by atoms with Crippen LogP contribution in [0.15, 0.2) is 24.3 Å². The first-order valence-electron chi connectivity index (χ1n) is 8.24. The van der Waals surface area contributed by atoms with E-state index in [1.807, 2.05) is 6.92 Å². The average molecular weight is 288 g/mol. The zero-order chi connectivity index (χ0) is 15.1. The second kappa shape index (κ2) is 8.18. The Hall–Kier alpha value is -1.35. The van der Waals surface area contributed by atoms with E-state index < -0.39 is 0 Å². The number of nitrogens with one attached hydrogen (secondary N) is 1. The molecule has 0 atom stereocenters. The topological polar surface area (TPSA) is 32.3 Å². The van der Waals surface area contributed by atoms with Gasteiger partial charge in [0.2, 0.25) is 5.91 Å². The normalized spacial score (nSPS) is 16.9. The molecule has 116 valence electrons. The molecule has 0 saturated carbocycles. The summed E-state index contributed by atoms with van der Waals surface area (Å²) in [6, 6.07) is 8.65. The van der Waals surface area contributed by atoms with Crippen molar-refractivity contribution in [3.05, 3.63) is 35.4 Å². The minimum atomic E-state index is 0.143. The fourth-order valence-electron chi connectivity index (χ4n) is 2.76. The summed E-state index contributed by atoms with van der Waals surface area (Å²) in [6.45, 7) is 8.50. The van der Waals surface area contributed by atoms with E-state index in [0.717, 1.165) is 18.9 Å². The summed E-state index contributed by atoms with van der Waals surface area (Å²) in [5.74, 6) is 1.03. The number of carbonyl (C=O) groups excluding carboxylic acids is 1. The Bertz CT molecular complexity index is 433. The molecule has 0 aromatic heterocycles. The summed E-state index contributed by atoms with van der Waals surface area (Å²) < 4.78 is 0.